The van der Waals surface area contributed by atoms with Gasteiger partial charge in [0.2, 0.25) is 0 Å². The molecule has 20 heavy (non-hydrogen) atoms. The molecule has 0 aliphatic heterocycles. The Morgan fingerprint density at radius 1 is 1.30 bits per heavy atom. The average molecular weight is 294 g/mol. The van der Waals surface area contributed by atoms with Crippen molar-refractivity contribution < 1.29 is 4.42 Å². The molecule has 0 aliphatic carbocycles. The molecule has 0 saturated carbocycles. The van der Waals surface area contributed by atoms with E-state index in [1.807, 2.05) is 31.0 Å². The zero-order valence-corrected chi connectivity index (χ0v) is 13.3. The van der Waals surface area contributed by atoms with Crippen LogP contribution in [0, 0.1) is 6.92 Å². The SMILES string of the molecule is Cc1c(Cl)nc(C(C)(C)C)nc1N(C)Cc1ccco1. The van der Waals surface area contributed by atoms with Gasteiger partial charge in [0, 0.05) is 18.0 Å². The van der Waals surface area contributed by atoms with Gasteiger partial charge in [0.25, 0.3) is 0 Å². The quantitative estimate of drug-likeness (QED) is 0.803. The lowest BCUT2D eigenvalue weighted by Crippen LogP contribution is -2.23. The molecule has 0 spiro atoms. The Hall–Kier alpha value is -1.55. The summed E-state index contributed by atoms with van der Waals surface area (Å²) >= 11 is 6.25. The van der Waals surface area contributed by atoms with Crippen LogP contribution in [0.1, 0.15) is 37.9 Å². The summed E-state index contributed by atoms with van der Waals surface area (Å²) in [7, 11) is 1.97. The first-order valence-corrected chi connectivity index (χ1v) is 6.95. The van der Waals surface area contributed by atoms with Crippen molar-refractivity contribution in [2.75, 3.05) is 11.9 Å². The van der Waals surface area contributed by atoms with Gasteiger partial charge in [-0.05, 0) is 19.1 Å². The van der Waals surface area contributed by atoms with Gasteiger partial charge in [0.1, 0.15) is 22.6 Å². The van der Waals surface area contributed by atoms with Gasteiger partial charge in [-0.15, -0.1) is 0 Å². The van der Waals surface area contributed by atoms with E-state index < -0.39 is 0 Å². The fourth-order valence-corrected chi connectivity index (χ4v) is 2.06. The number of nitrogens with zero attached hydrogens (tertiary/aromatic N) is 3. The van der Waals surface area contributed by atoms with Crippen LogP contribution in [0.25, 0.3) is 0 Å². The van der Waals surface area contributed by atoms with Crippen LogP contribution < -0.4 is 4.90 Å². The highest BCUT2D eigenvalue weighted by atomic mass is 35.5. The Kier molecular flexibility index (Phi) is 4.04. The summed E-state index contributed by atoms with van der Waals surface area (Å²) in [4.78, 5) is 11.1. The third-order valence-corrected chi connectivity index (χ3v) is 3.43. The summed E-state index contributed by atoms with van der Waals surface area (Å²) in [6, 6.07) is 3.82. The monoisotopic (exact) mass is 293 g/mol. The number of anilines is 1. The van der Waals surface area contributed by atoms with Crippen LogP contribution in [-0.4, -0.2) is 17.0 Å². The summed E-state index contributed by atoms with van der Waals surface area (Å²) in [6.07, 6.45) is 1.67. The highest BCUT2D eigenvalue weighted by Gasteiger charge is 2.22. The first kappa shape index (κ1) is 14.9. The molecule has 0 saturated heterocycles. The summed E-state index contributed by atoms with van der Waals surface area (Å²) in [5.41, 5.74) is 0.742. The van der Waals surface area contributed by atoms with E-state index in [1.54, 1.807) is 6.26 Å². The van der Waals surface area contributed by atoms with Crippen LogP contribution in [0.15, 0.2) is 22.8 Å². The van der Waals surface area contributed by atoms with Gasteiger partial charge in [-0.2, -0.15) is 0 Å². The first-order valence-electron chi connectivity index (χ1n) is 6.57. The Morgan fingerprint density at radius 2 is 2.00 bits per heavy atom. The number of halogens is 1. The molecule has 108 valence electrons. The third-order valence-electron chi connectivity index (χ3n) is 3.07. The van der Waals surface area contributed by atoms with Crippen LogP contribution in [0.3, 0.4) is 0 Å². The minimum Gasteiger partial charge on any atom is -0.467 e. The minimum atomic E-state index is -0.141. The van der Waals surface area contributed by atoms with E-state index in [0.29, 0.717) is 11.7 Å². The van der Waals surface area contributed by atoms with Gasteiger partial charge in [-0.1, -0.05) is 32.4 Å². The Balaban J connectivity index is 2.37. The second-order valence-corrected chi connectivity index (χ2v) is 6.33. The summed E-state index contributed by atoms with van der Waals surface area (Å²) in [6.45, 7) is 8.80. The summed E-state index contributed by atoms with van der Waals surface area (Å²) in [5, 5.41) is 0.506. The maximum Gasteiger partial charge on any atom is 0.137 e. The molecular weight excluding hydrogens is 274 g/mol. The van der Waals surface area contributed by atoms with E-state index in [2.05, 4.69) is 30.7 Å². The van der Waals surface area contributed by atoms with Crippen LogP contribution in [-0.2, 0) is 12.0 Å². The number of hydrogen-bond acceptors (Lipinski definition) is 4. The Bertz CT molecular complexity index is 588. The molecule has 0 N–H and O–H groups in total. The summed E-state index contributed by atoms with van der Waals surface area (Å²) in [5.74, 6) is 2.47. The Morgan fingerprint density at radius 3 is 2.55 bits per heavy atom. The fraction of sp³-hybridized carbons (Fsp3) is 0.467. The topological polar surface area (TPSA) is 42.2 Å². The fourth-order valence-electron chi connectivity index (χ4n) is 1.90. The molecule has 0 radical (unpaired) electrons. The third kappa shape index (κ3) is 3.12. The van der Waals surface area contributed by atoms with Crippen molar-refractivity contribution in [3.05, 3.63) is 40.7 Å². The molecule has 2 aromatic rings. The predicted octanol–water partition coefficient (Wildman–Crippen LogP) is 3.97. The molecular formula is C15H20ClN3O. The van der Waals surface area contributed by atoms with Crippen molar-refractivity contribution in [1.82, 2.24) is 9.97 Å². The Labute approximate surface area is 124 Å². The van der Waals surface area contributed by atoms with E-state index in [-0.39, 0.29) is 5.41 Å². The smallest absolute Gasteiger partial charge is 0.137 e. The molecule has 0 bridgehead atoms. The highest BCUT2D eigenvalue weighted by molar-refractivity contribution is 6.30. The van der Waals surface area contributed by atoms with Gasteiger partial charge in [0.05, 0.1) is 12.8 Å². The molecule has 0 fully saturated rings. The van der Waals surface area contributed by atoms with Crippen molar-refractivity contribution in [3.63, 3.8) is 0 Å². The molecule has 0 unspecified atom stereocenters. The van der Waals surface area contributed by atoms with Crippen molar-refractivity contribution in [1.29, 1.82) is 0 Å². The second kappa shape index (κ2) is 5.44. The van der Waals surface area contributed by atoms with E-state index in [9.17, 15) is 0 Å². The van der Waals surface area contributed by atoms with Crippen molar-refractivity contribution in [2.24, 2.45) is 0 Å². The largest absolute Gasteiger partial charge is 0.467 e. The van der Waals surface area contributed by atoms with Crippen LogP contribution in [0.5, 0.6) is 0 Å². The minimum absolute atomic E-state index is 0.141. The zero-order valence-electron chi connectivity index (χ0n) is 12.6. The lowest BCUT2D eigenvalue weighted by atomic mass is 9.95. The molecule has 2 aromatic heterocycles. The van der Waals surface area contributed by atoms with E-state index in [4.69, 9.17) is 16.0 Å². The first-order chi connectivity index (χ1) is 9.29. The van der Waals surface area contributed by atoms with Gasteiger partial charge >= 0.3 is 0 Å². The second-order valence-electron chi connectivity index (χ2n) is 5.97. The van der Waals surface area contributed by atoms with E-state index in [0.717, 1.165) is 23.0 Å². The number of rotatable bonds is 3. The van der Waals surface area contributed by atoms with Crippen LogP contribution >= 0.6 is 11.6 Å². The van der Waals surface area contributed by atoms with E-state index in [1.165, 1.54) is 0 Å². The molecule has 2 heterocycles. The molecule has 5 heteroatoms. The van der Waals surface area contributed by atoms with Crippen LogP contribution in [0.2, 0.25) is 5.15 Å². The maximum atomic E-state index is 6.25. The number of aromatic nitrogens is 2. The molecule has 0 aliphatic rings. The lowest BCUT2D eigenvalue weighted by Gasteiger charge is -2.23. The van der Waals surface area contributed by atoms with Crippen molar-refractivity contribution in [3.8, 4) is 0 Å². The maximum absolute atomic E-state index is 6.25. The molecule has 2 rings (SSSR count). The average Bonchev–Trinajstić information content (AvgIpc) is 2.83. The lowest BCUT2D eigenvalue weighted by molar-refractivity contribution is 0.505. The normalized spacial score (nSPS) is 11.7. The van der Waals surface area contributed by atoms with Crippen LogP contribution in [0.4, 0.5) is 5.82 Å². The van der Waals surface area contributed by atoms with Gasteiger partial charge in [0.15, 0.2) is 0 Å². The van der Waals surface area contributed by atoms with Crippen molar-refractivity contribution >= 4 is 17.4 Å². The van der Waals surface area contributed by atoms with Gasteiger partial charge in [-0.25, -0.2) is 9.97 Å². The van der Waals surface area contributed by atoms with E-state index >= 15 is 0 Å². The van der Waals surface area contributed by atoms with Gasteiger partial charge in [-0.3, -0.25) is 0 Å². The molecule has 4 nitrogen and oxygen atoms in total. The predicted molar refractivity (Wildman–Crippen MR) is 81.3 cm³/mol. The number of furan rings is 1. The highest BCUT2D eigenvalue weighted by Crippen LogP contribution is 2.28. The standard InChI is InChI=1S/C15H20ClN3O/c1-10-12(16)17-14(15(2,3)4)18-13(10)19(5)9-11-7-6-8-20-11/h6-8H,9H2,1-5H3. The zero-order chi connectivity index (χ0) is 14.9. The van der Waals surface area contributed by atoms with Gasteiger partial charge < -0.3 is 9.32 Å². The summed E-state index contributed by atoms with van der Waals surface area (Å²) < 4.78 is 5.38. The molecule has 0 aromatic carbocycles. The van der Waals surface area contributed by atoms with Crippen molar-refractivity contribution in [2.45, 2.75) is 39.7 Å². The number of hydrogen-bond donors (Lipinski definition) is 0. The molecule has 0 amide bonds. The molecule has 0 atom stereocenters.